The molecular weight excluding hydrogens is 268 g/mol. The van der Waals surface area contributed by atoms with Crippen LogP contribution in [0.15, 0.2) is 49.1 Å². The highest BCUT2D eigenvalue weighted by molar-refractivity contribution is 7.12. The number of thiophene rings is 1. The lowest BCUT2D eigenvalue weighted by molar-refractivity contribution is 1.05. The van der Waals surface area contributed by atoms with E-state index in [0.717, 1.165) is 24.3 Å². The summed E-state index contributed by atoms with van der Waals surface area (Å²) in [5, 5.41) is 11.1. The van der Waals surface area contributed by atoms with Crippen LogP contribution in [0.4, 0.5) is 5.69 Å². The van der Waals surface area contributed by atoms with Crippen LogP contribution in [-0.2, 0) is 13.0 Å². The van der Waals surface area contributed by atoms with Gasteiger partial charge in [0.15, 0.2) is 0 Å². The van der Waals surface area contributed by atoms with Crippen LogP contribution in [0, 0.1) is 0 Å². The summed E-state index contributed by atoms with van der Waals surface area (Å²) < 4.78 is 1.89. The first-order chi connectivity index (χ1) is 9.85. The maximum absolute atomic E-state index is 3.83. The molecule has 0 atom stereocenters. The van der Waals surface area contributed by atoms with Gasteiger partial charge in [-0.3, -0.25) is 4.57 Å². The number of hydrogen-bond acceptors (Lipinski definition) is 4. The highest BCUT2D eigenvalue weighted by Gasteiger charge is 2.01. The van der Waals surface area contributed by atoms with E-state index in [9.17, 15) is 0 Å². The van der Waals surface area contributed by atoms with E-state index in [1.807, 2.05) is 28.0 Å². The molecule has 0 bridgehead atoms. The smallest absolute Gasteiger partial charge is 0.123 e. The van der Waals surface area contributed by atoms with Crippen molar-refractivity contribution in [1.82, 2.24) is 14.8 Å². The van der Waals surface area contributed by atoms with E-state index in [1.54, 1.807) is 12.7 Å². The van der Waals surface area contributed by atoms with Gasteiger partial charge >= 0.3 is 0 Å². The average molecular weight is 284 g/mol. The zero-order chi connectivity index (χ0) is 13.8. The molecule has 0 aliphatic carbocycles. The third kappa shape index (κ3) is 2.88. The molecule has 0 spiro atoms. The SMILES string of the molecule is CCc1ccc(CNc2cccc(-n3cnnc3)c2)s1. The lowest BCUT2D eigenvalue weighted by Crippen LogP contribution is -1.98. The van der Waals surface area contributed by atoms with E-state index < -0.39 is 0 Å². The van der Waals surface area contributed by atoms with Crippen LogP contribution in [-0.4, -0.2) is 14.8 Å². The van der Waals surface area contributed by atoms with Gasteiger partial charge in [0.05, 0.1) is 5.69 Å². The molecule has 0 unspecified atom stereocenters. The fraction of sp³-hybridized carbons (Fsp3) is 0.200. The number of nitrogens with one attached hydrogen (secondary N) is 1. The molecule has 0 aliphatic heterocycles. The van der Waals surface area contributed by atoms with Gasteiger partial charge in [0, 0.05) is 22.0 Å². The Kier molecular flexibility index (Phi) is 3.78. The normalized spacial score (nSPS) is 10.7. The predicted molar refractivity (Wildman–Crippen MR) is 82.4 cm³/mol. The topological polar surface area (TPSA) is 42.7 Å². The van der Waals surface area contributed by atoms with Gasteiger partial charge in [-0.2, -0.15) is 0 Å². The van der Waals surface area contributed by atoms with Gasteiger partial charge in [0.1, 0.15) is 12.7 Å². The molecule has 0 saturated heterocycles. The van der Waals surface area contributed by atoms with Crippen molar-refractivity contribution in [1.29, 1.82) is 0 Å². The van der Waals surface area contributed by atoms with Crippen LogP contribution >= 0.6 is 11.3 Å². The molecule has 1 N–H and O–H groups in total. The predicted octanol–water partition coefficient (Wildman–Crippen LogP) is 3.50. The Morgan fingerprint density at radius 3 is 2.65 bits per heavy atom. The second-order valence-electron chi connectivity index (χ2n) is 4.49. The third-order valence-corrected chi connectivity index (χ3v) is 4.33. The molecule has 0 fully saturated rings. The average Bonchev–Trinajstić information content (AvgIpc) is 3.17. The molecule has 0 aliphatic rings. The lowest BCUT2D eigenvalue weighted by Gasteiger charge is -2.07. The Bertz CT molecular complexity index is 673. The van der Waals surface area contributed by atoms with E-state index in [4.69, 9.17) is 0 Å². The number of aromatic nitrogens is 3. The number of rotatable bonds is 5. The summed E-state index contributed by atoms with van der Waals surface area (Å²) in [5.41, 5.74) is 2.16. The van der Waals surface area contributed by atoms with Crippen LogP contribution in [0.3, 0.4) is 0 Å². The maximum atomic E-state index is 3.83. The minimum Gasteiger partial charge on any atom is -0.380 e. The van der Waals surface area contributed by atoms with Crippen LogP contribution in [0.5, 0.6) is 0 Å². The van der Waals surface area contributed by atoms with Gasteiger partial charge in [0.2, 0.25) is 0 Å². The van der Waals surface area contributed by atoms with Crippen molar-refractivity contribution in [3.8, 4) is 5.69 Å². The Balaban J connectivity index is 1.70. The van der Waals surface area contributed by atoms with Crippen LogP contribution < -0.4 is 5.32 Å². The first kappa shape index (κ1) is 12.9. The molecule has 3 aromatic rings. The summed E-state index contributed by atoms with van der Waals surface area (Å²) in [6, 6.07) is 12.6. The molecule has 0 radical (unpaired) electrons. The molecule has 4 nitrogen and oxygen atoms in total. The molecular formula is C15H16N4S. The van der Waals surface area contributed by atoms with E-state index in [2.05, 4.69) is 46.7 Å². The Morgan fingerprint density at radius 1 is 1.10 bits per heavy atom. The second kappa shape index (κ2) is 5.88. The minimum absolute atomic E-state index is 0.857. The van der Waals surface area contributed by atoms with Crippen molar-refractivity contribution in [3.63, 3.8) is 0 Å². The maximum Gasteiger partial charge on any atom is 0.123 e. The summed E-state index contributed by atoms with van der Waals surface area (Å²) in [7, 11) is 0. The van der Waals surface area contributed by atoms with Crippen molar-refractivity contribution in [2.24, 2.45) is 0 Å². The van der Waals surface area contributed by atoms with Gasteiger partial charge in [-0.1, -0.05) is 13.0 Å². The zero-order valence-corrected chi connectivity index (χ0v) is 12.1. The van der Waals surface area contributed by atoms with Gasteiger partial charge in [0.25, 0.3) is 0 Å². The first-order valence-corrected chi connectivity index (χ1v) is 7.43. The van der Waals surface area contributed by atoms with Gasteiger partial charge < -0.3 is 5.32 Å². The standard InChI is InChI=1S/C15H16N4S/c1-2-14-6-7-15(20-14)9-16-12-4-3-5-13(8-12)19-10-17-18-11-19/h3-8,10-11,16H,2,9H2,1H3. The molecule has 102 valence electrons. The monoisotopic (exact) mass is 284 g/mol. The van der Waals surface area contributed by atoms with Gasteiger partial charge in [-0.05, 0) is 36.8 Å². The highest BCUT2D eigenvalue weighted by Crippen LogP contribution is 2.19. The summed E-state index contributed by atoms with van der Waals surface area (Å²) in [6.07, 6.45) is 4.51. The lowest BCUT2D eigenvalue weighted by atomic mass is 10.2. The summed E-state index contributed by atoms with van der Waals surface area (Å²) in [4.78, 5) is 2.79. The molecule has 0 amide bonds. The van der Waals surface area contributed by atoms with E-state index in [0.29, 0.717) is 0 Å². The first-order valence-electron chi connectivity index (χ1n) is 6.61. The molecule has 3 rings (SSSR count). The number of hydrogen-bond donors (Lipinski definition) is 1. The van der Waals surface area contributed by atoms with Crippen molar-refractivity contribution < 1.29 is 0 Å². The van der Waals surface area contributed by atoms with Crippen LogP contribution in [0.1, 0.15) is 16.7 Å². The highest BCUT2D eigenvalue weighted by atomic mass is 32.1. The van der Waals surface area contributed by atoms with Crippen molar-refractivity contribution in [3.05, 3.63) is 58.8 Å². The fourth-order valence-electron chi connectivity index (χ4n) is 2.01. The van der Waals surface area contributed by atoms with Crippen molar-refractivity contribution >= 4 is 17.0 Å². The molecule has 20 heavy (non-hydrogen) atoms. The fourth-order valence-corrected chi connectivity index (χ4v) is 2.90. The molecule has 0 saturated carbocycles. The third-order valence-electron chi connectivity index (χ3n) is 3.10. The van der Waals surface area contributed by atoms with Gasteiger partial charge in [-0.25, -0.2) is 0 Å². The van der Waals surface area contributed by atoms with E-state index in [-0.39, 0.29) is 0 Å². The largest absolute Gasteiger partial charge is 0.380 e. The molecule has 2 heterocycles. The van der Waals surface area contributed by atoms with Crippen LogP contribution in [0.25, 0.3) is 5.69 Å². The summed E-state index contributed by atoms with van der Waals surface area (Å²) >= 11 is 1.87. The van der Waals surface area contributed by atoms with Crippen molar-refractivity contribution in [2.75, 3.05) is 5.32 Å². The van der Waals surface area contributed by atoms with Crippen LogP contribution in [0.2, 0.25) is 0 Å². The van der Waals surface area contributed by atoms with E-state index in [1.165, 1.54) is 9.75 Å². The number of anilines is 1. The zero-order valence-electron chi connectivity index (χ0n) is 11.3. The summed E-state index contributed by atoms with van der Waals surface area (Å²) in [6.45, 7) is 3.04. The Hall–Kier alpha value is -2.14. The number of benzene rings is 1. The Labute approximate surface area is 122 Å². The van der Waals surface area contributed by atoms with Crippen molar-refractivity contribution in [2.45, 2.75) is 19.9 Å². The molecule has 5 heteroatoms. The molecule has 2 aromatic heterocycles. The van der Waals surface area contributed by atoms with Gasteiger partial charge in [-0.15, -0.1) is 21.5 Å². The number of aryl methyl sites for hydroxylation is 1. The minimum atomic E-state index is 0.857. The van der Waals surface area contributed by atoms with E-state index >= 15 is 0 Å². The quantitative estimate of drug-likeness (QED) is 0.779. The summed E-state index contributed by atoms with van der Waals surface area (Å²) in [5.74, 6) is 0. The molecule has 1 aromatic carbocycles. The second-order valence-corrected chi connectivity index (χ2v) is 5.75. The Morgan fingerprint density at radius 2 is 1.90 bits per heavy atom. The number of nitrogens with zero attached hydrogens (tertiary/aromatic N) is 3.